The van der Waals surface area contributed by atoms with E-state index in [-0.39, 0.29) is 13.1 Å². The van der Waals surface area contributed by atoms with E-state index in [0.717, 1.165) is 9.87 Å². The lowest BCUT2D eigenvalue weighted by Gasteiger charge is -2.19. The fourth-order valence-corrected chi connectivity index (χ4v) is 2.43. The van der Waals surface area contributed by atoms with Crippen molar-refractivity contribution >= 4 is 10.2 Å². The van der Waals surface area contributed by atoms with Gasteiger partial charge in [-0.3, -0.25) is 0 Å². The van der Waals surface area contributed by atoms with Crippen LogP contribution in [-0.2, 0) is 16.8 Å². The standard InChI is InChI=1S/C12H20N2O5S/c1-14(20(17,18)13-7-11(16)9-15)8-10-4-3-5-12(6-10)19-2/h3-6,11,13,15-16H,7-9H2,1-2H3. The second kappa shape index (κ2) is 7.55. The van der Waals surface area contributed by atoms with Crippen LogP contribution in [0.25, 0.3) is 0 Å². The minimum absolute atomic E-state index is 0.168. The minimum atomic E-state index is -3.71. The van der Waals surface area contributed by atoms with Gasteiger partial charge in [0.15, 0.2) is 0 Å². The molecule has 0 aliphatic rings. The molecule has 0 saturated carbocycles. The Morgan fingerprint density at radius 2 is 2.15 bits per heavy atom. The first-order valence-corrected chi connectivity index (χ1v) is 7.46. The predicted molar refractivity (Wildman–Crippen MR) is 74.5 cm³/mol. The molecular formula is C12H20N2O5S. The van der Waals surface area contributed by atoms with Crippen molar-refractivity contribution in [3.63, 3.8) is 0 Å². The summed E-state index contributed by atoms with van der Waals surface area (Å²) in [4.78, 5) is 0. The van der Waals surface area contributed by atoms with Crippen molar-refractivity contribution in [1.82, 2.24) is 9.03 Å². The summed E-state index contributed by atoms with van der Waals surface area (Å²) in [6.45, 7) is -0.564. The number of rotatable bonds is 8. The number of hydrogen-bond donors (Lipinski definition) is 3. The number of nitrogens with zero attached hydrogens (tertiary/aromatic N) is 1. The van der Waals surface area contributed by atoms with Crippen LogP contribution < -0.4 is 9.46 Å². The molecular weight excluding hydrogens is 284 g/mol. The molecule has 7 nitrogen and oxygen atoms in total. The fraction of sp³-hybridized carbons (Fsp3) is 0.500. The van der Waals surface area contributed by atoms with Crippen molar-refractivity contribution in [2.75, 3.05) is 27.3 Å². The Labute approximate surface area is 119 Å². The highest BCUT2D eigenvalue weighted by Gasteiger charge is 2.18. The zero-order chi connectivity index (χ0) is 15.2. The second-order valence-electron chi connectivity index (χ2n) is 4.30. The number of aliphatic hydroxyl groups excluding tert-OH is 2. The molecule has 0 spiro atoms. The van der Waals surface area contributed by atoms with Crippen molar-refractivity contribution in [3.8, 4) is 5.75 Å². The van der Waals surface area contributed by atoms with Gasteiger partial charge in [0.1, 0.15) is 5.75 Å². The van der Waals surface area contributed by atoms with Crippen LogP contribution in [0.1, 0.15) is 5.56 Å². The molecule has 114 valence electrons. The summed E-state index contributed by atoms with van der Waals surface area (Å²) < 4.78 is 32.2. The Morgan fingerprint density at radius 3 is 2.75 bits per heavy atom. The molecule has 0 saturated heterocycles. The van der Waals surface area contributed by atoms with Crippen LogP contribution in [0.4, 0.5) is 0 Å². The largest absolute Gasteiger partial charge is 0.497 e. The zero-order valence-electron chi connectivity index (χ0n) is 11.5. The van der Waals surface area contributed by atoms with Gasteiger partial charge in [0, 0.05) is 20.1 Å². The number of aliphatic hydroxyl groups is 2. The van der Waals surface area contributed by atoms with Crippen LogP contribution in [-0.4, -0.2) is 56.3 Å². The topological polar surface area (TPSA) is 99.1 Å². The molecule has 0 aliphatic carbocycles. The molecule has 0 bridgehead atoms. The van der Waals surface area contributed by atoms with Crippen LogP contribution in [0.5, 0.6) is 5.75 Å². The molecule has 20 heavy (non-hydrogen) atoms. The summed E-state index contributed by atoms with van der Waals surface area (Å²) in [7, 11) is -0.749. The lowest BCUT2D eigenvalue weighted by atomic mass is 10.2. The van der Waals surface area contributed by atoms with Gasteiger partial charge in [-0.25, -0.2) is 0 Å². The molecule has 0 heterocycles. The number of benzene rings is 1. The molecule has 0 aliphatic heterocycles. The molecule has 1 aromatic carbocycles. The lowest BCUT2D eigenvalue weighted by molar-refractivity contribution is 0.0985. The smallest absolute Gasteiger partial charge is 0.279 e. The molecule has 0 aromatic heterocycles. The summed E-state index contributed by atoms with van der Waals surface area (Å²) in [6, 6.07) is 7.08. The van der Waals surface area contributed by atoms with Crippen molar-refractivity contribution in [1.29, 1.82) is 0 Å². The highest BCUT2D eigenvalue weighted by molar-refractivity contribution is 7.87. The van der Waals surface area contributed by atoms with E-state index in [2.05, 4.69) is 4.72 Å². The Hall–Kier alpha value is -1.19. The van der Waals surface area contributed by atoms with E-state index in [9.17, 15) is 8.42 Å². The van der Waals surface area contributed by atoms with Crippen LogP contribution in [0.15, 0.2) is 24.3 Å². The molecule has 1 aromatic rings. The summed E-state index contributed by atoms with van der Waals surface area (Å²) in [5.74, 6) is 0.650. The van der Waals surface area contributed by atoms with E-state index in [1.807, 2.05) is 0 Å². The first kappa shape index (κ1) is 16.9. The summed E-state index contributed by atoms with van der Waals surface area (Å²) in [5, 5.41) is 17.8. The van der Waals surface area contributed by atoms with Crippen LogP contribution in [0, 0.1) is 0 Å². The highest BCUT2D eigenvalue weighted by atomic mass is 32.2. The van der Waals surface area contributed by atoms with Gasteiger partial charge in [-0.2, -0.15) is 17.4 Å². The van der Waals surface area contributed by atoms with E-state index in [1.165, 1.54) is 14.2 Å². The van der Waals surface area contributed by atoms with Gasteiger partial charge in [-0.1, -0.05) is 12.1 Å². The molecule has 0 fully saturated rings. The summed E-state index contributed by atoms with van der Waals surface area (Å²) >= 11 is 0. The molecule has 1 atom stereocenters. The van der Waals surface area contributed by atoms with Gasteiger partial charge in [0.05, 0.1) is 19.8 Å². The van der Waals surface area contributed by atoms with Crippen LogP contribution in [0.3, 0.4) is 0 Å². The van der Waals surface area contributed by atoms with E-state index < -0.39 is 22.9 Å². The second-order valence-corrected chi connectivity index (χ2v) is 6.16. The third-order valence-electron chi connectivity index (χ3n) is 2.66. The van der Waals surface area contributed by atoms with Gasteiger partial charge in [0.25, 0.3) is 10.2 Å². The van der Waals surface area contributed by atoms with E-state index >= 15 is 0 Å². The van der Waals surface area contributed by atoms with Gasteiger partial charge in [0.2, 0.25) is 0 Å². The van der Waals surface area contributed by atoms with E-state index in [4.69, 9.17) is 14.9 Å². The number of nitrogens with one attached hydrogen (secondary N) is 1. The minimum Gasteiger partial charge on any atom is -0.497 e. The molecule has 3 N–H and O–H groups in total. The maximum absolute atomic E-state index is 11.9. The third kappa shape index (κ3) is 5.06. The molecule has 8 heteroatoms. The van der Waals surface area contributed by atoms with Crippen molar-refractivity contribution in [2.45, 2.75) is 12.6 Å². The first-order chi connectivity index (χ1) is 9.39. The zero-order valence-corrected chi connectivity index (χ0v) is 12.3. The fourth-order valence-electron chi connectivity index (χ4n) is 1.49. The van der Waals surface area contributed by atoms with Gasteiger partial charge in [-0.15, -0.1) is 0 Å². The average Bonchev–Trinajstić information content (AvgIpc) is 2.44. The Bertz CT molecular complexity index is 520. The Kier molecular flexibility index (Phi) is 6.37. The van der Waals surface area contributed by atoms with Gasteiger partial charge in [-0.05, 0) is 17.7 Å². The molecule has 1 rings (SSSR count). The van der Waals surface area contributed by atoms with E-state index in [0.29, 0.717) is 5.75 Å². The normalized spacial score (nSPS) is 13.4. The average molecular weight is 304 g/mol. The maximum atomic E-state index is 11.9. The summed E-state index contributed by atoms with van der Waals surface area (Å²) in [5.41, 5.74) is 0.778. The third-order valence-corrected chi connectivity index (χ3v) is 4.14. The molecule has 1 unspecified atom stereocenters. The highest BCUT2D eigenvalue weighted by Crippen LogP contribution is 2.14. The van der Waals surface area contributed by atoms with Crippen LogP contribution in [0.2, 0.25) is 0 Å². The van der Waals surface area contributed by atoms with Crippen molar-refractivity contribution < 1.29 is 23.4 Å². The Balaban J connectivity index is 2.66. The number of methoxy groups -OCH3 is 1. The van der Waals surface area contributed by atoms with E-state index in [1.54, 1.807) is 24.3 Å². The quantitative estimate of drug-likeness (QED) is 0.591. The SMILES string of the molecule is COc1cccc(CN(C)S(=O)(=O)NCC(O)CO)c1. The lowest BCUT2D eigenvalue weighted by Crippen LogP contribution is -2.42. The maximum Gasteiger partial charge on any atom is 0.279 e. The number of hydrogen-bond acceptors (Lipinski definition) is 5. The monoisotopic (exact) mass is 304 g/mol. The van der Waals surface area contributed by atoms with Crippen LogP contribution >= 0.6 is 0 Å². The van der Waals surface area contributed by atoms with Gasteiger partial charge < -0.3 is 14.9 Å². The number of ether oxygens (including phenoxy) is 1. The van der Waals surface area contributed by atoms with Crippen molar-refractivity contribution in [2.24, 2.45) is 0 Å². The first-order valence-electron chi connectivity index (χ1n) is 6.02. The Morgan fingerprint density at radius 1 is 1.45 bits per heavy atom. The summed E-state index contributed by atoms with van der Waals surface area (Å²) in [6.07, 6.45) is -1.12. The van der Waals surface area contributed by atoms with Gasteiger partial charge >= 0.3 is 0 Å². The molecule has 0 radical (unpaired) electrons. The van der Waals surface area contributed by atoms with Crippen molar-refractivity contribution in [3.05, 3.63) is 29.8 Å². The predicted octanol–water partition coefficient (Wildman–Crippen LogP) is -0.685. The molecule has 0 amide bonds.